The van der Waals surface area contributed by atoms with E-state index in [4.69, 9.17) is 0 Å². The Morgan fingerprint density at radius 2 is 2.00 bits per heavy atom. The second-order valence-electron chi connectivity index (χ2n) is 3.78. The van der Waals surface area contributed by atoms with E-state index < -0.39 is 5.56 Å². The van der Waals surface area contributed by atoms with E-state index in [1.807, 2.05) is 6.92 Å². The average molecular weight is 234 g/mol. The van der Waals surface area contributed by atoms with E-state index in [2.05, 4.69) is 10.2 Å². The molecule has 0 spiro atoms. The molecular formula is C12H11FN2O2. The molecule has 0 bridgehead atoms. The smallest absolute Gasteiger partial charge is 0.306 e. The molecule has 0 aliphatic heterocycles. The van der Waals surface area contributed by atoms with Crippen molar-refractivity contribution in [1.29, 1.82) is 0 Å². The minimum Gasteiger partial charge on any atom is -0.503 e. The minimum absolute atomic E-state index is 0.140. The Hall–Kier alpha value is -2.17. The maximum atomic E-state index is 12.8. The molecule has 88 valence electrons. The molecule has 1 aromatic heterocycles. The number of nitrogens with one attached hydrogen (secondary N) is 1. The molecule has 1 unspecified atom stereocenters. The van der Waals surface area contributed by atoms with Crippen LogP contribution < -0.4 is 5.56 Å². The fourth-order valence-electron chi connectivity index (χ4n) is 1.55. The largest absolute Gasteiger partial charge is 0.503 e. The van der Waals surface area contributed by atoms with Crippen molar-refractivity contribution in [1.82, 2.24) is 10.2 Å². The number of rotatable bonds is 2. The molecule has 0 saturated heterocycles. The fraction of sp³-hybridized carbons (Fsp3) is 0.167. The van der Waals surface area contributed by atoms with Gasteiger partial charge in [-0.15, -0.1) is 0 Å². The Kier molecular flexibility index (Phi) is 2.91. The van der Waals surface area contributed by atoms with Crippen LogP contribution in [0.3, 0.4) is 0 Å². The summed E-state index contributed by atoms with van der Waals surface area (Å²) in [6.07, 6.45) is 0. The van der Waals surface area contributed by atoms with Crippen molar-refractivity contribution in [3.63, 3.8) is 0 Å². The van der Waals surface area contributed by atoms with Crippen LogP contribution in [0.1, 0.15) is 24.1 Å². The molecule has 1 aromatic carbocycles. The van der Waals surface area contributed by atoms with Crippen LogP contribution in [0.4, 0.5) is 4.39 Å². The zero-order chi connectivity index (χ0) is 12.4. The first kappa shape index (κ1) is 11.3. The first-order valence-electron chi connectivity index (χ1n) is 5.12. The van der Waals surface area contributed by atoms with E-state index in [0.717, 1.165) is 5.56 Å². The van der Waals surface area contributed by atoms with E-state index >= 15 is 0 Å². The summed E-state index contributed by atoms with van der Waals surface area (Å²) in [5.41, 5.74) is 0.749. The lowest BCUT2D eigenvalue weighted by Gasteiger charge is -2.10. The van der Waals surface area contributed by atoms with Crippen LogP contribution >= 0.6 is 0 Å². The Bertz CT molecular complexity index is 578. The average Bonchev–Trinajstić information content (AvgIpc) is 2.33. The molecule has 0 saturated carbocycles. The molecule has 1 atom stereocenters. The zero-order valence-electron chi connectivity index (χ0n) is 9.14. The fourth-order valence-corrected chi connectivity index (χ4v) is 1.55. The van der Waals surface area contributed by atoms with Crippen molar-refractivity contribution in [2.24, 2.45) is 0 Å². The molecule has 17 heavy (non-hydrogen) atoms. The first-order chi connectivity index (χ1) is 8.08. The summed E-state index contributed by atoms with van der Waals surface area (Å²) in [7, 11) is 0. The summed E-state index contributed by atoms with van der Waals surface area (Å²) >= 11 is 0. The highest BCUT2D eigenvalue weighted by molar-refractivity contribution is 5.30. The number of aromatic hydroxyl groups is 1. The molecule has 1 heterocycles. The van der Waals surface area contributed by atoms with E-state index in [-0.39, 0.29) is 17.5 Å². The Balaban J connectivity index is 2.36. The van der Waals surface area contributed by atoms with Gasteiger partial charge in [0, 0.05) is 12.0 Å². The third kappa shape index (κ3) is 2.33. The predicted octanol–water partition coefficient (Wildman–Crippen LogP) is 1.77. The maximum absolute atomic E-state index is 12.8. The van der Waals surface area contributed by atoms with Gasteiger partial charge >= 0.3 is 5.56 Å². The topological polar surface area (TPSA) is 66.0 Å². The van der Waals surface area contributed by atoms with Crippen LogP contribution in [0.5, 0.6) is 5.75 Å². The Morgan fingerprint density at radius 1 is 1.35 bits per heavy atom. The van der Waals surface area contributed by atoms with Crippen molar-refractivity contribution in [2.75, 3.05) is 0 Å². The van der Waals surface area contributed by atoms with Gasteiger partial charge in [-0.3, -0.25) is 4.79 Å². The number of halogens is 1. The molecule has 0 radical (unpaired) electrons. The number of hydrogen-bond acceptors (Lipinski definition) is 3. The quantitative estimate of drug-likeness (QED) is 0.832. The van der Waals surface area contributed by atoms with E-state index in [1.54, 1.807) is 12.1 Å². The van der Waals surface area contributed by atoms with Gasteiger partial charge in [0.05, 0.1) is 5.69 Å². The van der Waals surface area contributed by atoms with E-state index in [0.29, 0.717) is 5.69 Å². The molecule has 0 aliphatic carbocycles. The number of aromatic amines is 1. The molecule has 2 N–H and O–H groups in total. The van der Waals surface area contributed by atoms with Gasteiger partial charge in [-0.1, -0.05) is 19.1 Å². The first-order valence-corrected chi connectivity index (χ1v) is 5.12. The molecule has 2 aromatic rings. The molecular weight excluding hydrogens is 223 g/mol. The maximum Gasteiger partial charge on any atom is 0.306 e. The summed E-state index contributed by atoms with van der Waals surface area (Å²) in [6, 6.07) is 7.31. The van der Waals surface area contributed by atoms with Crippen molar-refractivity contribution < 1.29 is 9.50 Å². The number of H-pyrrole nitrogens is 1. The van der Waals surface area contributed by atoms with Crippen LogP contribution in [-0.4, -0.2) is 15.3 Å². The van der Waals surface area contributed by atoms with Crippen LogP contribution in [0, 0.1) is 5.82 Å². The van der Waals surface area contributed by atoms with Crippen molar-refractivity contribution >= 4 is 0 Å². The van der Waals surface area contributed by atoms with Gasteiger partial charge in [-0.05, 0) is 17.7 Å². The second-order valence-corrected chi connectivity index (χ2v) is 3.78. The van der Waals surface area contributed by atoms with Crippen molar-refractivity contribution in [3.05, 3.63) is 57.8 Å². The van der Waals surface area contributed by atoms with E-state index in [1.165, 1.54) is 18.2 Å². The van der Waals surface area contributed by atoms with Gasteiger partial charge < -0.3 is 5.11 Å². The molecule has 0 fully saturated rings. The van der Waals surface area contributed by atoms with Crippen LogP contribution in [0.2, 0.25) is 0 Å². The van der Waals surface area contributed by atoms with Gasteiger partial charge in [0.15, 0.2) is 5.75 Å². The van der Waals surface area contributed by atoms with Crippen LogP contribution in [0.25, 0.3) is 0 Å². The van der Waals surface area contributed by atoms with Gasteiger partial charge in [0.1, 0.15) is 5.82 Å². The van der Waals surface area contributed by atoms with Crippen molar-refractivity contribution in [2.45, 2.75) is 12.8 Å². The lowest BCUT2D eigenvalue weighted by atomic mass is 9.97. The van der Waals surface area contributed by atoms with E-state index in [9.17, 15) is 14.3 Å². The van der Waals surface area contributed by atoms with Gasteiger partial charge in [-0.25, -0.2) is 9.49 Å². The summed E-state index contributed by atoms with van der Waals surface area (Å²) in [4.78, 5) is 11.0. The highest BCUT2D eigenvalue weighted by Gasteiger charge is 2.12. The highest BCUT2D eigenvalue weighted by Crippen LogP contribution is 2.22. The standard InChI is InChI=1S/C12H11FN2O2/c1-7(8-2-4-9(13)5-3-8)10-6-11(16)12(17)15-14-10/h2-7H,1H3,(H,14,16)(H,15,17). The van der Waals surface area contributed by atoms with Gasteiger partial charge in [0.2, 0.25) is 0 Å². The van der Waals surface area contributed by atoms with Gasteiger partial charge in [-0.2, -0.15) is 5.10 Å². The molecule has 2 rings (SSSR count). The zero-order valence-corrected chi connectivity index (χ0v) is 9.14. The monoisotopic (exact) mass is 234 g/mol. The SMILES string of the molecule is CC(c1ccc(F)cc1)c1cc(O)c(=O)[nH]n1. The number of aromatic nitrogens is 2. The molecule has 0 aliphatic rings. The van der Waals surface area contributed by atoms with Gasteiger partial charge in [0.25, 0.3) is 0 Å². The summed E-state index contributed by atoms with van der Waals surface area (Å²) in [5, 5.41) is 15.3. The highest BCUT2D eigenvalue weighted by atomic mass is 19.1. The molecule has 0 amide bonds. The number of benzene rings is 1. The third-order valence-electron chi connectivity index (χ3n) is 2.62. The summed E-state index contributed by atoms with van der Waals surface area (Å²) in [5.74, 6) is -0.819. The molecule has 5 heteroatoms. The lowest BCUT2D eigenvalue weighted by Crippen LogP contribution is -2.11. The normalized spacial score (nSPS) is 12.4. The summed E-state index contributed by atoms with van der Waals surface area (Å²) in [6.45, 7) is 1.85. The molecule has 4 nitrogen and oxygen atoms in total. The Morgan fingerprint density at radius 3 is 2.59 bits per heavy atom. The second kappa shape index (κ2) is 4.37. The Labute approximate surface area is 96.7 Å². The number of nitrogens with zero attached hydrogens (tertiary/aromatic N) is 1. The third-order valence-corrected chi connectivity index (χ3v) is 2.62. The van der Waals surface area contributed by atoms with Crippen molar-refractivity contribution in [3.8, 4) is 5.75 Å². The minimum atomic E-state index is -0.625. The lowest BCUT2D eigenvalue weighted by molar-refractivity contribution is 0.461. The number of hydrogen-bond donors (Lipinski definition) is 2. The van der Waals surface area contributed by atoms with Crippen LogP contribution in [-0.2, 0) is 0 Å². The summed E-state index contributed by atoms with van der Waals surface area (Å²) < 4.78 is 12.8. The predicted molar refractivity (Wildman–Crippen MR) is 60.4 cm³/mol. The van der Waals surface area contributed by atoms with Crippen LogP contribution in [0.15, 0.2) is 35.1 Å².